The van der Waals surface area contributed by atoms with E-state index < -0.39 is 6.10 Å². The second-order valence-electron chi connectivity index (χ2n) is 1.02. The summed E-state index contributed by atoms with van der Waals surface area (Å²) in [5.74, 6) is 0. The van der Waals surface area contributed by atoms with Crippen molar-refractivity contribution in [2.24, 2.45) is 0 Å². The third-order valence-electron chi connectivity index (χ3n) is 0.421. The first-order valence-corrected chi connectivity index (χ1v) is 1.71. The summed E-state index contributed by atoms with van der Waals surface area (Å²) < 4.78 is 0. The normalized spacial score (nSPS) is 8.57. The van der Waals surface area contributed by atoms with Crippen molar-refractivity contribution in [3.8, 4) is 0 Å². The van der Waals surface area contributed by atoms with Crippen molar-refractivity contribution in [2.75, 3.05) is 13.2 Å². The fourth-order valence-electron chi connectivity index (χ4n) is 0.0577. The third-order valence-corrected chi connectivity index (χ3v) is 0.421. The maximum Gasteiger partial charge on any atom is 0.100 e. The molecule has 0 atom stereocenters. The van der Waals surface area contributed by atoms with Crippen LogP contribution in [0.1, 0.15) is 0 Å². The SMILES string of the molecule is OCC(O)CO.[Cd]. The molecular formula is C3H8CdO3. The summed E-state index contributed by atoms with van der Waals surface area (Å²) in [6, 6.07) is 0. The molecule has 7 heavy (non-hydrogen) atoms. The van der Waals surface area contributed by atoms with Crippen LogP contribution < -0.4 is 0 Å². The van der Waals surface area contributed by atoms with Crippen LogP contribution in [0.3, 0.4) is 0 Å². The summed E-state index contributed by atoms with van der Waals surface area (Å²) in [5.41, 5.74) is 0. The van der Waals surface area contributed by atoms with Crippen LogP contribution in [0.2, 0.25) is 0 Å². The molecule has 0 rings (SSSR count). The molecule has 0 bridgehead atoms. The van der Waals surface area contributed by atoms with Gasteiger partial charge in [0.05, 0.1) is 13.2 Å². The molecule has 0 fully saturated rings. The Kier molecular flexibility index (Phi) is 10.4. The van der Waals surface area contributed by atoms with E-state index in [0.29, 0.717) is 0 Å². The maximum absolute atomic E-state index is 8.17. The Morgan fingerprint density at radius 3 is 1.43 bits per heavy atom. The minimum absolute atomic E-state index is 0. The predicted molar refractivity (Wildman–Crippen MR) is 20.2 cm³/mol. The predicted octanol–water partition coefficient (Wildman–Crippen LogP) is -1.67. The van der Waals surface area contributed by atoms with Crippen molar-refractivity contribution in [1.29, 1.82) is 0 Å². The third kappa shape index (κ3) is 6.80. The van der Waals surface area contributed by atoms with Crippen LogP contribution in [-0.2, 0) is 27.3 Å². The van der Waals surface area contributed by atoms with Crippen molar-refractivity contribution in [2.45, 2.75) is 6.10 Å². The van der Waals surface area contributed by atoms with Gasteiger partial charge in [0.2, 0.25) is 0 Å². The molecule has 0 heterocycles. The zero-order valence-electron chi connectivity index (χ0n) is 4.04. The van der Waals surface area contributed by atoms with Crippen molar-refractivity contribution in [3.05, 3.63) is 0 Å². The van der Waals surface area contributed by atoms with Gasteiger partial charge in [0.25, 0.3) is 0 Å². The minimum atomic E-state index is -0.954. The van der Waals surface area contributed by atoms with E-state index >= 15 is 0 Å². The van der Waals surface area contributed by atoms with E-state index in [1.165, 1.54) is 0 Å². The second kappa shape index (κ2) is 6.80. The number of aliphatic hydroxyl groups excluding tert-OH is 3. The zero-order valence-corrected chi connectivity index (χ0v) is 8.08. The molecule has 40 valence electrons. The van der Waals surface area contributed by atoms with Crippen molar-refractivity contribution < 1.29 is 42.6 Å². The van der Waals surface area contributed by atoms with Crippen molar-refractivity contribution in [1.82, 2.24) is 0 Å². The first kappa shape index (κ1) is 10.7. The van der Waals surface area contributed by atoms with Gasteiger partial charge in [0.1, 0.15) is 6.10 Å². The van der Waals surface area contributed by atoms with E-state index in [1.807, 2.05) is 0 Å². The Hall–Kier alpha value is 0.802. The van der Waals surface area contributed by atoms with Crippen LogP contribution in [-0.4, -0.2) is 34.6 Å². The van der Waals surface area contributed by atoms with Gasteiger partial charge in [0, 0.05) is 27.3 Å². The summed E-state index contributed by atoms with van der Waals surface area (Å²) in [4.78, 5) is 0. The first-order valence-electron chi connectivity index (χ1n) is 1.71. The zero-order chi connectivity index (χ0) is 4.99. The molecule has 4 heteroatoms. The molecule has 0 aromatic rings. The number of rotatable bonds is 2. The smallest absolute Gasteiger partial charge is 0.100 e. The van der Waals surface area contributed by atoms with E-state index in [2.05, 4.69) is 0 Å². The van der Waals surface area contributed by atoms with E-state index in [4.69, 9.17) is 15.3 Å². The summed E-state index contributed by atoms with van der Waals surface area (Å²) in [6.45, 7) is -0.729. The van der Waals surface area contributed by atoms with Gasteiger partial charge in [-0.2, -0.15) is 0 Å². The molecule has 3 N–H and O–H groups in total. The van der Waals surface area contributed by atoms with Gasteiger partial charge in [-0.05, 0) is 0 Å². The van der Waals surface area contributed by atoms with Gasteiger partial charge in [-0.1, -0.05) is 0 Å². The molecule has 0 saturated heterocycles. The Balaban J connectivity index is 0. The van der Waals surface area contributed by atoms with Gasteiger partial charge in [-0.25, -0.2) is 0 Å². The summed E-state index contributed by atoms with van der Waals surface area (Å²) >= 11 is 0. The summed E-state index contributed by atoms with van der Waals surface area (Å²) in [5, 5.41) is 24.0. The summed E-state index contributed by atoms with van der Waals surface area (Å²) in [6.07, 6.45) is -0.954. The fourth-order valence-corrected chi connectivity index (χ4v) is 0.0577. The van der Waals surface area contributed by atoms with Gasteiger partial charge in [0.15, 0.2) is 0 Å². The molecule has 0 radical (unpaired) electrons. The van der Waals surface area contributed by atoms with Crippen LogP contribution in [0.25, 0.3) is 0 Å². The second-order valence-corrected chi connectivity index (χ2v) is 1.02. The fraction of sp³-hybridized carbons (Fsp3) is 1.00. The van der Waals surface area contributed by atoms with Crippen LogP contribution in [0.15, 0.2) is 0 Å². The van der Waals surface area contributed by atoms with Crippen LogP contribution in [0, 0.1) is 0 Å². The molecular weight excluding hydrogens is 196 g/mol. The Bertz CT molecular complexity index is 29.4. The average Bonchev–Trinajstić information content (AvgIpc) is 1.65. The molecule has 0 amide bonds. The number of aliphatic hydroxyl groups is 3. The standard InChI is InChI=1S/C3H8O3.Cd/c4-1-3(6)2-5;/h3-6H,1-2H2;. The van der Waals surface area contributed by atoms with Crippen molar-refractivity contribution >= 4 is 0 Å². The monoisotopic (exact) mass is 206 g/mol. The van der Waals surface area contributed by atoms with Gasteiger partial charge >= 0.3 is 0 Å². The quantitative estimate of drug-likeness (QED) is 0.472. The van der Waals surface area contributed by atoms with Gasteiger partial charge in [-0.15, -0.1) is 0 Å². The molecule has 0 aliphatic carbocycles. The molecule has 0 aromatic carbocycles. The van der Waals surface area contributed by atoms with Crippen LogP contribution in [0.5, 0.6) is 0 Å². The molecule has 0 saturated carbocycles. The molecule has 3 nitrogen and oxygen atoms in total. The molecule has 0 aromatic heterocycles. The Morgan fingerprint density at radius 1 is 1.14 bits per heavy atom. The number of hydrogen-bond acceptors (Lipinski definition) is 3. The minimum Gasteiger partial charge on any atom is -0.394 e. The number of hydrogen-bond donors (Lipinski definition) is 3. The van der Waals surface area contributed by atoms with Crippen molar-refractivity contribution in [3.63, 3.8) is 0 Å². The topological polar surface area (TPSA) is 60.7 Å². The first-order chi connectivity index (χ1) is 2.81. The molecule has 0 spiro atoms. The van der Waals surface area contributed by atoms with E-state index in [9.17, 15) is 0 Å². The van der Waals surface area contributed by atoms with E-state index in [1.54, 1.807) is 0 Å². The van der Waals surface area contributed by atoms with E-state index in [0.717, 1.165) is 0 Å². The Labute approximate surface area is 62.1 Å². The summed E-state index contributed by atoms with van der Waals surface area (Å²) in [7, 11) is 0. The maximum atomic E-state index is 8.17. The van der Waals surface area contributed by atoms with E-state index in [-0.39, 0.29) is 40.5 Å². The van der Waals surface area contributed by atoms with Gasteiger partial charge < -0.3 is 15.3 Å². The molecule has 0 aliphatic rings. The largest absolute Gasteiger partial charge is 0.394 e. The van der Waals surface area contributed by atoms with Crippen LogP contribution in [0.4, 0.5) is 0 Å². The van der Waals surface area contributed by atoms with Crippen LogP contribution >= 0.6 is 0 Å². The Morgan fingerprint density at radius 2 is 1.43 bits per heavy atom. The molecule has 0 aliphatic heterocycles. The van der Waals surface area contributed by atoms with Gasteiger partial charge in [-0.3, -0.25) is 0 Å². The average molecular weight is 205 g/mol. The molecule has 0 unspecified atom stereocenters.